The second kappa shape index (κ2) is 52.7. The first-order valence-corrected chi connectivity index (χ1v) is 27.8. The van der Waals surface area contributed by atoms with Gasteiger partial charge in [0.2, 0.25) is 5.91 Å². The molecular weight excluding hydrogens is 779 g/mol. The maximum absolute atomic E-state index is 12.4. The zero-order valence-corrected chi connectivity index (χ0v) is 42.1. The Kier molecular flexibility index (Phi) is 51.1. The molecular formula is C57H107NO5. The van der Waals surface area contributed by atoms with E-state index in [1.54, 1.807) is 6.08 Å². The van der Waals surface area contributed by atoms with Gasteiger partial charge in [0.15, 0.2) is 0 Å². The van der Waals surface area contributed by atoms with E-state index in [4.69, 9.17) is 4.74 Å². The summed E-state index contributed by atoms with van der Waals surface area (Å²) in [4.78, 5) is 24.5. The van der Waals surface area contributed by atoms with Crippen LogP contribution in [0.25, 0.3) is 0 Å². The predicted octanol–water partition coefficient (Wildman–Crippen LogP) is 16.9. The third-order valence-electron chi connectivity index (χ3n) is 12.6. The Morgan fingerprint density at radius 1 is 0.429 bits per heavy atom. The van der Waals surface area contributed by atoms with Gasteiger partial charge in [-0.3, -0.25) is 9.59 Å². The van der Waals surface area contributed by atoms with Crippen molar-refractivity contribution in [2.75, 3.05) is 13.2 Å². The second-order valence-corrected chi connectivity index (χ2v) is 18.9. The number of esters is 1. The zero-order valence-electron chi connectivity index (χ0n) is 42.1. The summed E-state index contributed by atoms with van der Waals surface area (Å²) in [6, 6.07) is -0.647. The molecule has 3 N–H and O–H groups in total. The molecule has 6 heteroatoms. The molecule has 0 fully saturated rings. The van der Waals surface area contributed by atoms with Gasteiger partial charge in [0.25, 0.3) is 0 Å². The minimum absolute atomic E-state index is 0.0319. The van der Waals surface area contributed by atoms with Gasteiger partial charge < -0.3 is 20.3 Å². The number of carbonyl (C=O) groups is 2. The highest BCUT2D eigenvalue weighted by Crippen LogP contribution is 2.16. The van der Waals surface area contributed by atoms with Crippen LogP contribution in [0.5, 0.6) is 0 Å². The van der Waals surface area contributed by atoms with E-state index in [2.05, 4.69) is 43.5 Å². The van der Waals surface area contributed by atoms with Crippen molar-refractivity contribution >= 4 is 11.9 Å². The summed E-state index contributed by atoms with van der Waals surface area (Å²) in [7, 11) is 0. The summed E-state index contributed by atoms with van der Waals surface area (Å²) in [6.07, 6.45) is 64.4. The van der Waals surface area contributed by atoms with Crippen molar-refractivity contribution in [2.24, 2.45) is 0 Å². The molecule has 6 nitrogen and oxygen atoms in total. The number of unbranched alkanes of at least 4 members (excludes halogenated alkanes) is 36. The van der Waals surface area contributed by atoms with Crippen LogP contribution in [0, 0.1) is 0 Å². The summed E-state index contributed by atoms with van der Waals surface area (Å²) < 4.78 is 5.45. The highest BCUT2D eigenvalue weighted by atomic mass is 16.5. The molecule has 0 radical (unpaired) electrons. The number of hydrogen-bond acceptors (Lipinski definition) is 5. The van der Waals surface area contributed by atoms with E-state index in [1.807, 2.05) is 6.08 Å². The van der Waals surface area contributed by atoms with Crippen LogP contribution in [-0.4, -0.2) is 47.4 Å². The molecule has 0 spiro atoms. The van der Waals surface area contributed by atoms with Crippen molar-refractivity contribution in [2.45, 2.75) is 302 Å². The van der Waals surface area contributed by atoms with Gasteiger partial charge in [0, 0.05) is 12.8 Å². The van der Waals surface area contributed by atoms with Crippen molar-refractivity contribution in [3.63, 3.8) is 0 Å². The molecule has 0 saturated heterocycles. The molecule has 0 rings (SSSR count). The summed E-state index contributed by atoms with van der Waals surface area (Å²) in [5, 5.41) is 23.1. The van der Waals surface area contributed by atoms with Crippen LogP contribution in [0.1, 0.15) is 290 Å². The molecule has 0 aliphatic heterocycles. The highest BCUT2D eigenvalue weighted by Gasteiger charge is 2.18. The minimum Gasteiger partial charge on any atom is -0.466 e. The van der Waals surface area contributed by atoms with Crippen LogP contribution in [0.3, 0.4) is 0 Å². The van der Waals surface area contributed by atoms with Crippen LogP contribution >= 0.6 is 0 Å². The molecule has 0 aromatic rings. The van der Waals surface area contributed by atoms with Gasteiger partial charge in [-0.2, -0.15) is 0 Å². The van der Waals surface area contributed by atoms with Crippen molar-refractivity contribution in [1.82, 2.24) is 5.32 Å². The number of carbonyl (C=O) groups excluding carboxylic acids is 2. The molecule has 0 aliphatic rings. The number of rotatable bonds is 51. The lowest BCUT2D eigenvalue weighted by molar-refractivity contribution is -0.143. The monoisotopic (exact) mass is 886 g/mol. The number of aliphatic hydroxyl groups excluding tert-OH is 2. The van der Waals surface area contributed by atoms with Gasteiger partial charge in [-0.05, 0) is 89.9 Å². The number of ether oxygens (including phenoxy) is 1. The van der Waals surface area contributed by atoms with Crippen molar-refractivity contribution in [3.05, 3.63) is 36.5 Å². The highest BCUT2D eigenvalue weighted by molar-refractivity contribution is 5.76. The van der Waals surface area contributed by atoms with E-state index in [0.717, 1.165) is 83.5 Å². The molecule has 0 aromatic heterocycles. The molecule has 0 bridgehead atoms. The lowest BCUT2D eigenvalue weighted by Gasteiger charge is -2.20. The van der Waals surface area contributed by atoms with Crippen molar-refractivity contribution in [1.29, 1.82) is 0 Å². The smallest absolute Gasteiger partial charge is 0.305 e. The lowest BCUT2D eigenvalue weighted by Crippen LogP contribution is -2.45. The SMILES string of the molecule is CCCCCCCCC/C=C\CCCCCCCC(=O)OCCCCC/C=C\CCCCCCCC(=O)NC(CO)C(O)/C=C/CCCCCCCCCCCCCCCCCC. The van der Waals surface area contributed by atoms with Gasteiger partial charge in [-0.1, -0.05) is 224 Å². The number of nitrogens with one attached hydrogen (secondary N) is 1. The maximum atomic E-state index is 12.4. The quantitative estimate of drug-likeness (QED) is 0.0321. The predicted molar refractivity (Wildman–Crippen MR) is 273 cm³/mol. The molecule has 0 aliphatic carbocycles. The Bertz CT molecular complexity index is 1020. The molecule has 370 valence electrons. The Morgan fingerprint density at radius 2 is 0.746 bits per heavy atom. The van der Waals surface area contributed by atoms with E-state index in [1.165, 1.54) is 180 Å². The molecule has 0 saturated carbocycles. The summed E-state index contributed by atoms with van der Waals surface area (Å²) in [5.74, 6) is -0.125. The topological polar surface area (TPSA) is 95.9 Å². The number of allylic oxidation sites excluding steroid dienone is 5. The molecule has 1 amide bonds. The standard InChI is InChI=1S/C57H107NO5/c1-3-5-7-9-11-13-15-17-19-21-22-23-25-29-33-37-41-45-49-55(60)54(53-59)58-56(61)50-46-42-38-34-30-27-28-32-36-40-44-48-52-63-57(62)51-47-43-39-35-31-26-24-20-18-16-14-12-10-8-6-4-2/h20,24,28,32,45,49,54-55,59-60H,3-19,21-23,25-27,29-31,33-44,46-48,50-53H2,1-2H3,(H,58,61)/b24-20-,32-28-,49-45+. The second-order valence-electron chi connectivity index (χ2n) is 18.9. The molecule has 2 atom stereocenters. The Hall–Kier alpha value is -1.92. The largest absolute Gasteiger partial charge is 0.466 e. The summed E-state index contributed by atoms with van der Waals surface area (Å²) >= 11 is 0. The van der Waals surface area contributed by atoms with Crippen molar-refractivity contribution in [3.8, 4) is 0 Å². The van der Waals surface area contributed by atoms with Crippen LogP contribution in [-0.2, 0) is 14.3 Å². The first-order chi connectivity index (χ1) is 31.0. The van der Waals surface area contributed by atoms with E-state index < -0.39 is 12.1 Å². The van der Waals surface area contributed by atoms with E-state index in [9.17, 15) is 19.8 Å². The van der Waals surface area contributed by atoms with Crippen LogP contribution in [0.4, 0.5) is 0 Å². The average Bonchev–Trinajstić information content (AvgIpc) is 3.28. The fourth-order valence-corrected chi connectivity index (χ4v) is 8.33. The van der Waals surface area contributed by atoms with E-state index in [0.29, 0.717) is 19.4 Å². The lowest BCUT2D eigenvalue weighted by atomic mass is 10.0. The summed E-state index contributed by atoms with van der Waals surface area (Å²) in [5.41, 5.74) is 0. The third-order valence-corrected chi connectivity index (χ3v) is 12.6. The average molecular weight is 886 g/mol. The van der Waals surface area contributed by atoms with Gasteiger partial charge in [-0.15, -0.1) is 0 Å². The fraction of sp³-hybridized carbons (Fsp3) is 0.860. The summed E-state index contributed by atoms with van der Waals surface area (Å²) in [6.45, 7) is 4.84. The van der Waals surface area contributed by atoms with Gasteiger partial charge in [-0.25, -0.2) is 0 Å². The minimum atomic E-state index is -0.861. The van der Waals surface area contributed by atoms with Gasteiger partial charge in [0.05, 0.1) is 25.4 Å². The zero-order chi connectivity index (χ0) is 45.8. The molecule has 63 heavy (non-hydrogen) atoms. The Balaban J connectivity index is 3.54. The van der Waals surface area contributed by atoms with Crippen LogP contribution in [0.2, 0.25) is 0 Å². The molecule has 2 unspecified atom stereocenters. The number of amides is 1. The number of hydrogen-bond donors (Lipinski definition) is 3. The van der Waals surface area contributed by atoms with Crippen LogP contribution in [0.15, 0.2) is 36.5 Å². The fourth-order valence-electron chi connectivity index (χ4n) is 8.33. The van der Waals surface area contributed by atoms with Gasteiger partial charge in [0.1, 0.15) is 0 Å². The van der Waals surface area contributed by atoms with Crippen LogP contribution < -0.4 is 5.32 Å². The van der Waals surface area contributed by atoms with Gasteiger partial charge >= 0.3 is 5.97 Å². The van der Waals surface area contributed by atoms with Crippen molar-refractivity contribution < 1.29 is 24.5 Å². The first kappa shape index (κ1) is 61.1. The Morgan fingerprint density at radius 3 is 1.13 bits per heavy atom. The Labute approximate surface area is 392 Å². The molecule has 0 heterocycles. The number of aliphatic hydroxyl groups is 2. The first-order valence-electron chi connectivity index (χ1n) is 27.8. The van der Waals surface area contributed by atoms with E-state index >= 15 is 0 Å². The third kappa shape index (κ3) is 49.4. The van der Waals surface area contributed by atoms with E-state index in [-0.39, 0.29) is 18.5 Å². The maximum Gasteiger partial charge on any atom is 0.305 e. The normalized spacial score (nSPS) is 12.9. The molecule has 0 aromatic carbocycles.